The summed E-state index contributed by atoms with van der Waals surface area (Å²) < 4.78 is 16.4. The number of aliphatic hydroxyl groups excluding tert-OH is 1. The molecular formula is C34H40BN3O10. The lowest BCUT2D eigenvalue weighted by Crippen LogP contribution is -2.61. The highest BCUT2D eigenvalue weighted by atomic mass is 16.6. The number of aliphatic hydroxyl groups is 1. The van der Waals surface area contributed by atoms with E-state index >= 15 is 0 Å². The molecule has 1 aliphatic rings. The van der Waals surface area contributed by atoms with E-state index in [1.807, 2.05) is 18.2 Å². The Bertz CT molecular complexity index is 1480. The van der Waals surface area contributed by atoms with Crippen molar-refractivity contribution >= 4 is 31.2 Å². The summed E-state index contributed by atoms with van der Waals surface area (Å²) >= 11 is 0. The molecule has 0 radical (unpaired) electrons. The van der Waals surface area contributed by atoms with Gasteiger partial charge in [0.05, 0.1) is 13.2 Å². The molecule has 3 aromatic carbocycles. The van der Waals surface area contributed by atoms with E-state index in [0.29, 0.717) is 11.1 Å². The summed E-state index contributed by atoms with van der Waals surface area (Å²) in [5.41, 5.74) is 0.309. The van der Waals surface area contributed by atoms with Crippen molar-refractivity contribution in [2.45, 2.75) is 50.6 Å². The molecule has 254 valence electrons. The Balaban J connectivity index is 1.54. The second-order valence-corrected chi connectivity index (χ2v) is 11.5. The standard InChI is InChI=1S/C34H40BN3O10/c39-20-29(36-32(42)47-22-26-13-6-2-7-14-26)30(40)38-19-28(17-10-18-35(44)45)34(24-38,31(41)46-21-25-11-4-1-5-12-25)37-33(43)48-23-27-15-8-3-9-16-27/h1-9,11-16,28-29,39,44-45H,10,17-24H2,(H,36,42)(H,37,43)/t28-,29-,34-/m0/s1. The molecule has 1 heterocycles. The maximum atomic E-state index is 14.0. The first kappa shape index (κ1) is 35.9. The minimum Gasteiger partial charge on any atom is -0.459 e. The van der Waals surface area contributed by atoms with Gasteiger partial charge in [-0.05, 0) is 29.4 Å². The zero-order valence-corrected chi connectivity index (χ0v) is 26.4. The number of nitrogens with one attached hydrogen (secondary N) is 2. The van der Waals surface area contributed by atoms with Crippen LogP contribution in [-0.4, -0.2) is 82.5 Å². The maximum Gasteiger partial charge on any atom is 0.451 e. The van der Waals surface area contributed by atoms with Crippen LogP contribution < -0.4 is 10.6 Å². The molecule has 0 spiro atoms. The summed E-state index contributed by atoms with van der Waals surface area (Å²) in [5.74, 6) is -2.32. The van der Waals surface area contributed by atoms with Gasteiger partial charge in [0.1, 0.15) is 25.9 Å². The van der Waals surface area contributed by atoms with E-state index in [9.17, 15) is 34.3 Å². The van der Waals surface area contributed by atoms with Crippen LogP contribution in [0.2, 0.25) is 6.32 Å². The molecule has 14 heteroatoms. The van der Waals surface area contributed by atoms with Crippen molar-refractivity contribution in [3.8, 4) is 0 Å². The van der Waals surface area contributed by atoms with Crippen LogP contribution in [0.3, 0.4) is 0 Å². The molecule has 48 heavy (non-hydrogen) atoms. The van der Waals surface area contributed by atoms with Crippen molar-refractivity contribution in [2.75, 3.05) is 19.7 Å². The van der Waals surface area contributed by atoms with Crippen LogP contribution in [0.5, 0.6) is 0 Å². The van der Waals surface area contributed by atoms with E-state index in [4.69, 9.17) is 14.2 Å². The van der Waals surface area contributed by atoms with Gasteiger partial charge in [-0.3, -0.25) is 4.79 Å². The molecule has 5 N–H and O–H groups in total. The van der Waals surface area contributed by atoms with E-state index in [2.05, 4.69) is 10.6 Å². The highest BCUT2D eigenvalue weighted by molar-refractivity contribution is 6.40. The number of alkyl carbamates (subject to hydrolysis) is 2. The molecule has 0 aromatic heterocycles. The fraction of sp³-hybridized carbons (Fsp3) is 0.353. The SMILES string of the molecule is O=C(N[C@@H](CO)C(=O)N1C[C@H](CCCB(O)O)[C@](NC(=O)OCc2ccccc2)(C(=O)OCc2ccccc2)C1)OCc1ccccc1. The Hall–Kier alpha value is -4.92. The number of benzene rings is 3. The van der Waals surface area contributed by atoms with Crippen molar-refractivity contribution in [1.29, 1.82) is 0 Å². The number of carbonyl (C=O) groups excluding carboxylic acids is 4. The summed E-state index contributed by atoms with van der Waals surface area (Å²) in [6.07, 6.45) is -1.48. The Morgan fingerprint density at radius 2 is 1.29 bits per heavy atom. The van der Waals surface area contributed by atoms with Crippen LogP contribution in [0, 0.1) is 5.92 Å². The van der Waals surface area contributed by atoms with Crippen LogP contribution >= 0.6 is 0 Å². The van der Waals surface area contributed by atoms with E-state index in [1.165, 1.54) is 4.90 Å². The van der Waals surface area contributed by atoms with E-state index in [0.717, 1.165) is 5.56 Å². The molecule has 0 aliphatic carbocycles. The lowest BCUT2D eigenvalue weighted by atomic mass is 9.78. The van der Waals surface area contributed by atoms with Crippen LogP contribution in [0.15, 0.2) is 91.0 Å². The van der Waals surface area contributed by atoms with Crippen molar-refractivity contribution in [2.24, 2.45) is 5.92 Å². The summed E-state index contributed by atoms with van der Waals surface area (Å²) in [5, 5.41) is 34.1. The van der Waals surface area contributed by atoms with E-state index in [-0.39, 0.29) is 52.1 Å². The van der Waals surface area contributed by atoms with Gasteiger partial charge in [0.2, 0.25) is 5.91 Å². The summed E-state index contributed by atoms with van der Waals surface area (Å²) in [4.78, 5) is 54.8. The fourth-order valence-corrected chi connectivity index (χ4v) is 5.50. The van der Waals surface area contributed by atoms with Gasteiger partial charge in [-0.1, -0.05) is 97.4 Å². The lowest BCUT2D eigenvalue weighted by molar-refractivity contribution is -0.154. The molecule has 1 fully saturated rings. The van der Waals surface area contributed by atoms with Crippen molar-refractivity contribution in [1.82, 2.24) is 15.5 Å². The smallest absolute Gasteiger partial charge is 0.451 e. The number of rotatable bonds is 15. The highest BCUT2D eigenvalue weighted by Gasteiger charge is 2.56. The molecular weight excluding hydrogens is 621 g/mol. The number of hydrogen-bond donors (Lipinski definition) is 5. The third kappa shape index (κ3) is 10.3. The fourth-order valence-electron chi connectivity index (χ4n) is 5.50. The molecule has 3 amide bonds. The number of esters is 1. The van der Waals surface area contributed by atoms with Crippen molar-refractivity contribution in [3.05, 3.63) is 108 Å². The first-order valence-corrected chi connectivity index (χ1v) is 15.6. The largest absolute Gasteiger partial charge is 0.459 e. The predicted molar refractivity (Wildman–Crippen MR) is 174 cm³/mol. The Kier molecular flexibility index (Phi) is 13.4. The Morgan fingerprint density at radius 1 is 0.792 bits per heavy atom. The quantitative estimate of drug-likeness (QED) is 0.0921. The molecule has 1 saturated heterocycles. The Morgan fingerprint density at radius 3 is 1.79 bits per heavy atom. The van der Waals surface area contributed by atoms with Gasteiger partial charge in [-0.2, -0.15) is 0 Å². The van der Waals surface area contributed by atoms with Crippen molar-refractivity contribution in [3.63, 3.8) is 0 Å². The van der Waals surface area contributed by atoms with Gasteiger partial charge < -0.3 is 44.9 Å². The summed E-state index contributed by atoms with van der Waals surface area (Å²) in [6, 6.07) is 25.3. The average Bonchev–Trinajstić information content (AvgIpc) is 3.47. The second-order valence-electron chi connectivity index (χ2n) is 11.5. The Labute approximate surface area is 279 Å². The normalized spacial score (nSPS) is 17.6. The maximum absolute atomic E-state index is 14.0. The van der Waals surface area contributed by atoms with Crippen LogP contribution in [-0.2, 0) is 43.6 Å². The van der Waals surface area contributed by atoms with E-state index < -0.39 is 55.3 Å². The zero-order valence-electron chi connectivity index (χ0n) is 26.4. The zero-order chi connectivity index (χ0) is 34.4. The third-order valence-corrected chi connectivity index (χ3v) is 8.00. The van der Waals surface area contributed by atoms with Gasteiger partial charge in [-0.25, -0.2) is 14.4 Å². The van der Waals surface area contributed by atoms with Crippen molar-refractivity contribution < 1.29 is 48.5 Å². The highest BCUT2D eigenvalue weighted by Crippen LogP contribution is 2.34. The van der Waals surface area contributed by atoms with Crippen LogP contribution in [0.4, 0.5) is 9.59 Å². The molecule has 3 aromatic rings. The lowest BCUT2D eigenvalue weighted by Gasteiger charge is -2.33. The monoisotopic (exact) mass is 661 g/mol. The molecule has 0 unspecified atom stereocenters. The predicted octanol–water partition coefficient (Wildman–Crippen LogP) is 2.39. The topological polar surface area (TPSA) is 184 Å². The first-order valence-electron chi connectivity index (χ1n) is 15.6. The molecule has 1 aliphatic heterocycles. The number of amides is 3. The van der Waals surface area contributed by atoms with Gasteiger partial charge in [-0.15, -0.1) is 0 Å². The summed E-state index contributed by atoms with van der Waals surface area (Å²) in [6.45, 7) is -1.50. The number of likely N-dealkylation sites (tertiary alicyclic amines) is 1. The summed E-state index contributed by atoms with van der Waals surface area (Å²) in [7, 11) is -1.60. The molecule has 13 nitrogen and oxygen atoms in total. The minimum atomic E-state index is -1.81. The van der Waals surface area contributed by atoms with Crippen LogP contribution in [0.1, 0.15) is 29.5 Å². The minimum absolute atomic E-state index is 0.0217. The van der Waals surface area contributed by atoms with Gasteiger partial charge in [0.25, 0.3) is 0 Å². The third-order valence-electron chi connectivity index (χ3n) is 8.00. The number of nitrogens with zero attached hydrogens (tertiary/aromatic N) is 1. The van der Waals surface area contributed by atoms with Crippen LogP contribution in [0.25, 0.3) is 0 Å². The number of hydrogen-bond acceptors (Lipinski definition) is 10. The average molecular weight is 662 g/mol. The number of carbonyl (C=O) groups is 4. The first-order chi connectivity index (χ1) is 23.2. The second kappa shape index (κ2) is 17.9. The molecule has 4 rings (SSSR count). The van der Waals surface area contributed by atoms with Gasteiger partial charge in [0.15, 0.2) is 5.54 Å². The molecule has 0 saturated carbocycles. The molecule has 0 bridgehead atoms. The van der Waals surface area contributed by atoms with Gasteiger partial charge >= 0.3 is 25.3 Å². The van der Waals surface area contributed by atoms with Gasteiger partial charge in [0, 0.05) is 12.5 Å². The number of ether oxygens (including phenoxy) is 3. The van der Waals surface area contributed by atoms with E-state index in [1.54, 1.807) is 72.8 Å². The molecule has 3 atom stereocenters.